The van der Waals surface area contributed by atoms with Crippen LogP contribution in [0.5, 0.6) is 0 Å². The van der Waals surface area contributed by atoms with Crippen molar-refractivity contribution in [3.63, 3.8) is 0 Å². The molecular formula is C15H17IO2. The van der Waals surface area contributed by atoms with Crippen molar-refractivity contribution in [2.45, 2.75) is 40.0 Å². The molecule has 2 nitrogen and oxygen atoms in total. The third-order valence-corrected chi connectivity index (χ3v) is 4.04. The van der Waals surface area contributed by atoms with Gasteiger partial charge in [0.05, 0.1) is 8.96 Å². The summed E-state index contributed by atoms with van der Waals surface area (Å²) < 4.78 is 6.22. The highest BCUT2D eigenvalue weighted by Gasteiger charge is 2.23. The summed E-state index contributed by atoms with van der Waals surface area (Å²) in [4.78, 5) is 12.4. The number of rotatable bonds is 0. The Labute approximate surface area is 121 Å². The second-order valence-electron chi connectivity index (χ2n) is 5.73. The van der Waals surface area contributed by atoms with E-state index in [1.54, 1.807) is 0 Å². The Kier molecular flexibility index (Phi) is 3.30. The fraction of sp³-hybridized carbons (Fsp3) is 0.400. The molecule has 96 valence electrons. The standard InChI is InChI=1S/C15H17IO2/c1-8-6-11-12(14(17)10(16)7-18-11)13(9(8)2)15(3,4)5/h6-7H,1-5H3. The normalized spacial score (nSPS) is 12.1. The Morgan fingerprint density at radius 2 is 1.83 bits per heavy atom. The maximum atomic E-state index is 12.4. The molecule has 0 bridgehead atoms. The van der Waals surface area contributed by atoms with Gasteiger partial charge in [-0.2, -0.15) is 0 Å². The van der Waals surface area contributed by atoms with Crippen LogP contribution in [0.25, 0.3) is 11.0 Å². The summed E-state index contributed by atoms with van der Waals surface area (Å²) >= 11 is 2.03. The molecule has 3 heteroatoms. The summed E-state index contributed by atoms with van der Waals surface area (Å²) in [6.45, 7) is 10.5. The Morgan fingerprint density at radius 1 is 1.22 bits per heavy atom. The van der Waals surface area contributed by atoms with Gasteiger partial charge in [-0.15, -0.1) is 0 Å². The van der Waals surface area contributed by atoms with Crippen molar-refractivity contribution in [3.05, 3.63) is 42.8 Å². The highest BCUT2D eigenvalue weighted by molar-refractivity contribution is 14.1. The largest absolute Gasteiger partial charge is 0.463 e. The van der Waals surface area contributed by atoms with Crippen molar-refractivity contribution >= 4 is 33.6 Å². The summed E-state index contributed by atoms with van der Waals surface area (Å²) in [6, 6.07) is 1.96. The molecule has 0 spiro atoms. The van der Waals surface area contributed by atoms with Gasteiger partial charge in [0.25, 0.3) is 0 Å². The van der Waals surface area contributed by atoms with E-state index < -0.39 is 0 Å². The van der Waals surface area contributed by atoms with E-state index >= 15 is 0 Å². The van der Waals surface area contributed by atoms with Crippen LogP contribution in [-0.4, -0.2) is 0 Å². The Hall–Kier alpha value is -0.840. The molecule has 2 rings (SSSR count). The molecule has 1 aromatic carbocycles. The maximum absolute atomic E-state index is 12.4. The van der Waals surface area contributed by atoms with Crippen molar-refractivity contribution in [3.8, 4) is 0 Å². The van der Waals surface area contributed by atoms with E-state index in [1.807, 2.05) is 28.7 Å². The van der Waals surface area contributed by atoms with Crippen molar-refractivity contribution in [2.24, 2.45) is 0 Å². The van der Waals surface area contributed by atoms with Crippen LogP contribution >= 0.6 is 22.6 Å². The van der Waals surface area contributed by atoms with Gasteiger partial charge in [-0.05, 0) is 64.6 Å². The lowest BCUT2D eigenvalue weighted by Crippen LogP contribution is -2.19. The average Bonchev–Trinajstić information content (AvgIpc) is 2.25. The van der Waals surface area contributed by atoms with Gasteiger partial charge in [0, 0.05) is 0 Å². The van der Waals surface area contributed by atoms with Gasteiger partial charge in [0.2, 0.25) is 5.43 Å². The van der Waals surface area contributed by atoms with Gasteiger partial charge in [0.15, 0.2) is 0 Å². The van der Waals surface area contributed by atoms with Gasteiger partial charge < -0.3 is 4.42 Å². The number of hydrogen-bond acceptors (Lipinski definition) is 2. The number of fused-ring (bicyclic) bond motifs is 1. The van der Waals surface area contributed by atoms with Crippen LogP contribution in [0.1, 0.15) is 37.5 Å². The van der Waals surface area contributed by atoms with E-state index in [9.17, 15) is 4.79 Å². The third kappa shape index (κ3) is 2.09. The summed E-state index contributed by atoms with van der Waals surface area (Å²) in [5.41, 5.74) is 4.14. The first-order valence-electron chi connectivity index (χ1n) is 5.95. The molecule has 0 atom stereocenters. The van der Waals surface area contributed by atoms with Gasteiger partial charge >= 0.3 is 0 Å². The molecular weight excluding hydrogens is 339 g/mol. The average molecular weight is 356 g/mol. The van der Waals surface area contributed by atoms with Gasteiger partial charge in [-0.1, -0.05) is 20.8 Å². The zero-order valence-corrected chi connectivity index (χ0v) is 13.5. The zero-order valence-electron chi connectivity index (χ0n) is 11.3. The molecule has 0 aliphatic heterocycles. The van der Waals surface area contributed by atoms with E-state index in [0.717, 1.165) is 16.5 Å². The SMILES string of the molecule is Cc1cc2occ(I)c(=O)c2c(C(C)(C)C)c1C. The zero-order chi connectivity index (χ0) is 13.7. The van der Waals surface area contributed by atoms with Crippen molar-refractivity contribution in [1.29, 1.82) is 0 Å². The molecule has 0 amide bonds. The Morgan fingerprint density at radius 3 is 2.39 bits per heavy atom. The van der Waals surface area contributed by atoms with Gasteiger partial charge in [0.1, 0.15) is 11.8 Å². The number of halogens is 1. The lowest BCUT2D eigenvalue weighted by atomic mass is 9.80. The molecule has 1 heterocycles. The van der Waals surface area contributed by atoms with Crippen LogP contribution in [-0.2, 0) is 5.41 Å². The van der Waals surface area contributed by atoms with Crippen LogP contribution in [0.4, 0.5) is 0 Å². The van der Waals surface area contributed by atoms with Gasteiger partial charge in [-0.3, -0.25) is 4.79 Å². The van der Waals surface area contributed by atoms with E-state index in [0.29, 0.717) is 9.15 Å². The van der Waals surface area contributed by atoms with Crippen LogP contribution in [0.3, 0.4) is 0 Å². The number of aryl methyl sites for hydroxylation is 1. The maximum Gasteiger partial charge on any atom is 0.206 e. The predicted octanol–water partition coefficient (Wildman–Crippen LogP) is 4.31. The second-order valence-corrected chi connectivity index (χ2v) is 6.89. The Balaban J connectivity index is 3.10. The first-order chi connectivity index (χ1) is 8.23. The molecule has 0 fully saturated rings. The highest BCUT2D eigenvalue weighted by Crippen LogP contribution is 2.33. The number of benzene rings is 1. The van der Waals surface area contributed by atoms with Crippen LogP contribution in [0.2, 0.25) is 0 Å². The first kappa shape index (κ1) is 13.6. The molecule has 0 aliphatic rings. The fourth-order valence-electron chi connectivity index (χ4n) is 2.43. The molecule has 18 heavy (non-hydrogen) atoms. The smallest absolute Gasteiger partial charge is 0.206 e. The first-order valence-corrected chi connectivity index (χ1v) is 7.03. The van der Waals surface area contributed by atoms with E-state index in [1.165, 1.54) is 11.8 Å². The summed E-state index contributed by atoms with van der Waals surface area (Å²) in [7, 11) is 0. The van der Waals surface area contributed by atoms with Crippen LogP contribution in [0.15, 0.2) is 21.5 Å². The molecule has 0 aliphatic carbocycles. The van der Waals surface area contributed by atoms with Crippen molar-refractivity contribution < 1.29 is 4.42 Å². The Bertz CT molecular complexity index is 675. The van der Waals surface area contributed by atoms with Crippen molar-refractivity contribution in [1.82, 2.24) is 0 Å². The minimum atomic E-state index is -0.0759. The summed E-state index contributed by atoms with van der Waals surface area (Å²) in [5.74, 6) is 0. The van der Waals surface area contributed by atoms with Crippen molar-refractivity contribution in [2.75, 3.05) is 0 Å². The van der Waals surface area contributed by atoms with E-state index in [-0.39, 0.29) is 10.8 Å². The van der Waals surface area contributed by atoms with Crippen LogP contribution < -0.4 is 5.43 Å². The van der Waals surface area contributed by atoms with E-state index in [4.69, 9.17) is 4.42 Å². The molecule has 0 N–H and O–H groups in total. The van der Waals surface area contributed by atoms with Crippen LogP contribution in [0, 0.1) is 17.4 Å². The molecule has 2 aromatic rings. The minimum absolute atomic E-state index is 0.0740. The fourth-order valence-corrected chi connectivity index (χ4v) is 2.83. The predicted molar refractivity (Wildman–Crippen MR) is 83.4 cm³/mol. The monoisotopic (exact) mass is 356 g/mol. The minimum Gasteiger partial charge on any atom is -0.463 e. The van der Waals surface area contributed by atoms with E-state index in [2.05, 4.69) is 34.6 Å². The second kappa shape index (κ2) is 4.37. The molecule has 0 unspecified atom stereocenters. The third-order valence-electron chi connectivity index (χ3n) is 3.29. The summed E-state index contributed by atoms with van der Waals surface area (Å²) in [5, 5.41) is 0.734. The van der Waals surface area contributed by atoms with Gasteiger partial charge in [-0.25, -0.2) is 0 Å². The molecule has 0 saturated heterocycles. The highest BCUT2D eigenvalue weighted by atomic mass is 127. The lowest BCUT2D eigenvalue weighted by Gasteiger charge is -2.24. The quantitative estimate of drug-likeness (QED) is 0.659. The molecule has 0 saturated carbocycles. The number of hydrogen-bond donors (Lipinski definition) is 0. The molecule has 1 aromatic heterocycles. The summed E-state index contributed by atoms with van der Waals surface area (Å²) in [6.07, 6.45) is 1.53. The lowest BCUT2D eigenvalue weighted by molar-refractivity contribution is 0.576. The topological polar surface area (TPSA) is 30.2 Å². The molecule has 0 radical (unpaired) electrons.